The highest BCUT2D eigenvalue weighted by Crippen LogP contribution is 2.17. The van der Waals surface area contributed by atoms with E-state index in [-0.39, 0.29) is 42.1 Å². The average Bonchev–Trinajstić information content (AvgIpc) is 3.02. The van der Waals surface area contributed by atoms with Gasteiger partial charge in [-0.25, -0.2) is 14.8 Å². The number of benzene rings is 2. The van der Waals surface area contributed by atoms with Crippen LogP contribution in [0.2, 0.25) is 0 Å². The number of nitrogen functional groups attached to an aromatic ring is 1. The van der Waals surface area contributed by atoms with Gasteiger partial charge in [-0.1, -0.05) is 38.1 Å². The van der Waals surface area contributed by atoms with E-state index >= 15 is 0 Å². The second kappa shape index (κ2) is 16.5. The van der Waals surface area contributed by atoms with E-state index in [1.54, 1.807) is 19.1 Å². The smallest absolute Gasteiger partial charge is 0.326 e. The van der Waals surface area contributed by atoms with E-state index < -0.39 is 41.3 Å². The summed E-state index contributed by atoms with van der Waals surface area (Å²) in [5.74, 6) is -3.71. The zero-order valence-corrected chi connectivity index (χ0v) is 26.1. The van der Waals surface area contributed by atoms with Gasteiger partial charge in [0.15, 0.2) is 11.2 Å². The Morgan fingerprint density at radius 1 is 0.915 bits per heavy atom. The molecule has 1 amide bonds. The van der Waals surface area contributed by atoms with Crippen molar-refractivity contribution in [1.29, 1.82) is 0 Å². The Kier molecular flexibility index (Phi) is 12.5. The molecular formula is C32H37N7O8. The molecule has 15 nitrogen and oxygen atoms in total. The Morgan fingerprint density at radius 3 is 2.15 bits per heavy atom. The monoisotopic (exact) mass is 647 g/mol. The van der Waals surface area contributed by atoms with E-state index in [1.807, 2.05) is 24.3 Å². The summed E-state index contributed by atoms with van der Waals surface area (Å²) in [6.45, 7) is 6.29. The third kappa shape index (κ3) is 10.9. The minimum absolute atomic E-state index is 0.0524. The van der Waals surface area contributed by atoms with Crippen LogP contribution in [0, 0.1) is 5.92 Å². The number of carbonyl (C=O) groups is 4. The van der Waals surface area contributed by atoms with Crippen LogP contribution in [0.3, 0.4) is 0 Å². The lowest BCUT2D eigenvalue weighted by molar-refractivity contribution is -0.141. The number of fused-ring (bicyclic) bond motifs is 1. The van der Waals surface area contributed by atoms with Gasteiger partial charge in [0.25, 0.3) is 11.5 Å². The maximum absolute atomic E-state index is 12.3. The summed E-state index contributed by atoms with van der Waals surface area (Å²) in [4.78, 5) is 71.3. The second-order valence-corrected chi connectivity index (χ2v) is 11.1. The SMILES string of the molecule is CC(C)Cc1ccc(C(C)C(=O)O)cc1.Nc1nc2ncc(CNc3ccc(C(=O)N[C@@H](CCC(=O)O)C(=O)O)cc3)nc2c(=O)[nH]1. The highest BCUT2D eigenvalue weighted by Gasteiger charge is 2.21. The normalized spacial score (nSPS) is 12.0. The molecule has 8 N–H and O–H groups in total. The first kappa shape index (κ1) is 35.6. The molecule has 2 aromatic carbocycles. The van der Waals surface area contributed by atoms with Crippen LogP contribution in [0.5, 0.6) is 0 Å². The molecule has 1 unspecified atom stereocenters. The lowest BCUT2D eigenvalue weighted by Gasteiger charge is -2.14. The Hall–Kier alpha value is -5.86. The van der Waals surface area contributed by atoms with Crippen molar-refractivity contribution in [2.75, 3.05) is 11.1 Å². The number of carbonyl (C=O) groups excluding carboxylic acids is 1. The standard InChI is InChI=1S/C19H19N7O6.C13H18O2/c20-19-25-15-14(17(30)26-19)23-11(8-22-15)7-21-10-3-1-9(2-4-10)16(29)24-12(18(31)32)5-6-13(27)28;1-9(2)8-11-4-6-12(7-5-11)10(3)13(14)15/h1-4,8,12,21H,5-7H2,(H,24,29)(H,27,28)(H,31,32)(H3,20,22,25,26,30);4-7,9-10H,8H2,1-3H3,(H,14,15)/t12-;/m0./s1. The van der Waals surface area contributed by atoms with Gasteiger partial charge in [-0.05, 0) is 61.1 Å². The van der Waals surface area contributed by atoms with Gasteiger partial charge in [0.05, 0.1) is 24.4 Å². The van der Waals surface area contributed by atoms with Crippen LogP contribution in [-0.4, -0.2) is 65.1 Å². The first-order valence-corrected chi connectivity index (χ1v) is 14.7. The summed E-state index contributed by atoms with van der Waals surface area (Å²) in [5.41, 5.74) is 8.61. The van der Waals surface area contributed by atoms with Crippen LogP contribution in [0.1, 0.15) is 66.7 Å². The molecule has 47 heavy (non-hydrogen) atoms. The third-order valence-electron chi connectivity index (χ3n) is 6.85. The molecule has 4 rings (SSSR count). The van der Waals surface area contributed by atoms with E-state index in [1.165, 1.54) is 23.9 Å². The molecule has 0 spiro atoms. The average molecular weight is 648 g/mol. The van der Waals surface area contributed by atoms with Crippen LogP contribution in [0.25, 0.3) is 11.2 Å². The highest BCUT2D eigenvalue weighted by molar-refractivity contribution is 5.97. The Labute approximate surface area is 269 Å². The highest BCUT2D eigenvalue weighted by atomic mass is 16.4. The molecule has 0 fully saturated rings. The molecule has 15 heteroatoms. The van der Waals surface area contributed by atoms with E-state index in [0.29, 0.717) is 17.3 Å². The number of hydrogen-bond acceptors (Lipinski definition) is 10. The number of nitrogens with one attached hydrogen (secondary N) is 3. The van der Waals surface area contributed by atoms with Gasteiger partial charge < -0.3 is 31.7 Å². The Morgan fingerprint density at radius 2 is 1.57 bits per heavy atom. The van der Waals surface area contributed by atoms with Crippen molar-refractivity contribution < 1.29 is 34.5 Å². The Bertz CT molecular complexity index is 1770. The number of carboxylic acids is 3. The number of nitrogens with zero attached hydrogens (tertiary/aromatic N) is 3. The maximum Gasteiger partial charge on any atom is 0.326 e. The van der Waals surface area contributed by atoms with Gasteiger partial charge in [-0.3, -0.25) is 24.2 Å². The molecule has 2 aromatic heterocycles. The maximum atomic E-state index is 12.3. The van der Waals surface area contributed by atoms with E-state index in [9.17, 15) is 24.0 Å². The van der Waals surface area contributed by atoms with Gasteiger partial charge in [-0.15, -0.1) is 0 Å². The number of anilines is 2. The third-order valence-corrected chi connectivity index (χ3v) is 6.85. The van der Waals surface area contributed by atoms with Crippen LogP contribution in [-0.2, 0) is 27.3 Å². The molecule has 0 saturated heterocycles. The summed E-state index contributed by atoms with van der Waals surface area (Å²) in [7, 11) is 0. The summed E-state index contributed by atoms with van der Waals surface area (Å²) in [5, 5.41) is 32.0. The molecule has 0 aliphatic heterocycles. The molecule has 0 radical (unpaired) electrons. The summed E-state index contributed by atoms with van der Waals surface area (Å²) < 4.78 is 0. The fraction of sp³-hybridized carbons (Fsp3) is 0.312. The molecule has 0 saturated carbocycles. The molecule has 0 bridgehead atoms. The predicted octanol–water partition coefficient (Wildman–Crippen LogP) is 3.03. The molecule has 0 aliphatic rings. The number of carboxylic acid groups (broad SMARTS) is 3. The topological polar surface area (TPSA) is 251 Å². The number of hydrogen-bond donors (Lipinski definition) is 7. The molecule has 4 aromatic rings. The molecule has 2 heterocycles. The largest absolute Gasteiger partial charge is 0.481 e. The Balaban J connectivity index is 0.000000335. The van der Waals surface area contributed by atoms with Crippen molar-refractivity contribution in [2.24, 2.45) is 5.92 Å². The van der Waals surface area contributed by atoms with Crippen LogP contribution in [0.15, 0.2) is 59.5 Å². The van der Waals surface area contributed by atoms with Gasteiger partial charge >= 0.3 is 17.9 Å². The van der Waals surface area contributed by atoms with Crippen molar-refractivity contribution in [2.45, 2.75) is 58.5 Å². The van der Waals surface area contributed by atoms with Gasteiger partial charge in [0, 0.05) is 17.7 Å². The van der Waals surface area contributed by atoms with E-state index in [4.69, 9.17) is 21.1 Å². The van der Waals surface area contributed by atoms with Crippen molar-refractivity contribution in [1.82, 2.24) is 25.3 Å². The van der Waals surface area contributed by atoms with Crippen LogP contribution >= 0.6 is 0 Å². The van der Waals surface area contributed by atoms with Crippen molar-refractivity contribution in [3.63, 3.8) is 0 Å². The lowest BCUT2D eigenvalue weighted by Crippen LogP contribution is -2.41. The molecule has 248 valence electrons. The minimum atomic E-state index is -1.31. The molecular weight excluding hydrogens is 610 g/mol. The number of aromatic nitrogens is 4. The fourth-order valence-corrected chi connectivity index (χ4v) is 4.31. The van der Waals surface area contributed by atoms with E-state index in [2.05, 4.69) is 44.4 Å². The summed E-state index contributed by atoms with van der Waals surface area (Å²) >= 11 is 0. The zero-order chi connectivity index (χ0) is 34.7. The fourth-order valence-electron chi connectivity index (χ4n) is 4.31. The van der Waals surface area contributed by atoms with Gasteiger partial charge in [0.2, 0.25) is 5.95 Å². The van der Waals surface area contributed by atoms with Crippen LogP contribution < -0.4 is 21.9 Å². The summed E-state index contributed by atoms with van der Waals surface area (Å²) in [6.07, 6.45) is 1.88. The number of rotatable bonds is 13. The molecule has 0 aliphatic carbocycles. The van der Waals surface area contributed by atoms with E-state index in [0.717, 1.165) is 12.0 Å². The van der Waals surface area contributed by atoms with Crippen LogP contribution in [0.4, 0.5) is 11.6 Å². The first-order chi connectivity index (χ1) is 22.2. The number of aliphatic carboxylic acids is 3. The molecule has 2 atom stereocenters. The number of amides is 1. The predicted molar refractivity (Wildman–Crippen MR) is 173 cm³/mol. The van der Waals surface area contributed by atoms with Crippen molar-refractivity contribution >= 4 is 46.6 Å². The van der Waals surface area contributed by atoms with Crippen molar-refractivity contribution in [3.8, 4) is 0 Å². The van der Waals surface area contributed by atoms with Crippen molar-refractivity contribution in [3.05, 3.63) is 87.5 Å². The van der Waals surface area contributed by atoms with Gasteiger partial charge in [-0.2, -0.15) is 4.98 Å². The lowest BCUT2D eigenvalue weighted by atomic mass is 9.97. The number of nitrogens with two attached hydrogens (primary N) is 1. The minimum Gasteiger partial charge on any atom is -0.481 e. The summed E-state index contributed by atoms with van der Waals surface area (Å²) in [6, 6.07) is 12.7. The quantitative estimate of drug-likeness (QED) is 0.110. The second-order valence-electron chi connectivity index (χ2n) is 11.1. The number of aromatic amines is 1. The first-order valence-electron chi connectivity index (χ1n) is 14.7. The number of H-pyrrole nitrogens is 1. The van der Waals surface area contributed by atoms with Gasteiger partial charge in [0.1, 0.15) is 6.04 Å². The zero-order valence-electron chi connectivity index (χ0n) is 26.1.